The van der Waals surface area contributed by atoms with Gasteiger partial charge in [0.25, 0.3) is 5.91 Å². The lowest BCUT2D eigenvalue weighted by Crippen LogP contribution is -2.28. The minimum atomic E-state index is -0.294. The van der Waals surface area contributed by atoms with Crippen LogP contribution in [-0.2, 0) is 0 Å². The molecular weight excluding hydrogens is 298 g/mol. The van der Waals surface area contributed by atoms with E-state index < -0.39 is 0 Å². The third kappa shape index (κ3) is 3.46. The van der Waals surface area contributed by atoms with Gasteiger partial charge in [-0.1, -0.05) is 23.7 Å². The Kier molecular flexibility index (Phi) is 4.71. The first-order valence-corrected chi connectivity index (χ1v) is 7.84. The molecule has 0 saturated carbocycles. The number of carbonyl (C=O) groups is 1. The summed E-state index contributed by atoms with van der Waals surface area (Å²) in [6.45, 7) is 2.13. The molecule has 114 valence electrons. The second-order valence-electron chi connectivity index (χ2n) is 5.45. The van der Waals surface area contributed by atoms with E-state index >= 15 is 0 Å². The fourth-order valence-electron chi connectivity index (χ4n) is 2.72. The van der Waals surface area contributed by atoms with Crippen molar-refractivity contribution in [3.63, 3.8) is 0 Å². The number of carbonyl (C=O) groups excluding carboxylic acids is 1. The zero-order valence-corrected chi connectivity index (χ0v) is 12.9. The molecule has 2 aromatic rings. The first kappa shape index (κ1) is 15.0. The smallest absolute Gasteiger partial charge is 0.275 e. The van der Waals surface area contributed by atoms with Gasteiger partial charge in [0, 0.05) is 18.4 Å². The molecule has 0 aliphatic carbocycles. The molecule has 0 bridgehead atoms. The summed E-state index contributed by atoms with van der Waals surface area (Å²) in [6, 6.07) is 11.4. The highest BCUT2D eigenvalue weighted by atomic mass is 35.5. The number of amides is 1. The van der Waals surface area contributed by atoms with Crippen LogP contribution in [0.5, 0.6) is 0 Å². The molecule has 2 heterocycles. The Hall–Kier alpha value is -1.91. The Labute approximate surface area is 134 Å². The topological polar surface area (TPSA) is 54.0 Å². The summed E-state index contributed by atoms with van der Waals surface area (Å²) in [5, 5.41) is 6.59. The van der Waals surface area contributed by atoms with Crippen LogP contribution in [0.3, 0.4) is 0 Å². The number of benzene rings is 1. The molecule has 1 aromatic carbocycles. The predicted molar refractivity (Wildman–Crippen MR) is 88.5 cm³/mol. The standard InChI is InChI=1S/C17H18ClN3O/c18-15-4-2-10-20-16(15)17(22)21-14-7-5-12(6-8-14)13-3-1-9-19-11-13/h2,4-8,10,13,19H,1,3,9,11H2,(H,21,22). The van der Waals surface area contributed by atoms with Crippen LogP contribution < -0.4 is 10.6 Å². The Morgan fingerprint density at radius 3 is 2.77 bits per heavy atom. The SMILES string of the molecule is O=C(Nc1ccc(C2CCCNC2)cc1)c1ncccc1Cl. The van der Waals surface area contributed by atoms with E-state index in [0.717, 1.165) is 18.8 Å². The molecule has 4 nitrogen and oxygen atoms in total. The van der Waals surface area contributed by atoms with Gasteiger partial charge in [0.2, 0.25) is 0 Å². The summed E-state index contributed by atoms with van der Waals surface area (Å²) in [4.78, 5) is 16.2. The van der Waals surface area contributed by atoms with Crippen molar-refractivity contribution >= 4 is 23.2 Å². The number of nitrogens with one attached hydrogen (secondary N) is 2. The van der Waals surface area contributed by atoms with Crippen molar-refractivity contribution in [2.75, 3.05) is 18.4 Å². The van der Waals surface area contributed by atoms with Gasteiger partial charge in [-0.3, -0.25) is 4.79 Å². The third-order valence-corrected chi connectivity index (χ3v) is 4.22. The van der Waals surface area contributed by atoms with Gasteiger partial charge in [0.1, 0.15) is 5.69 Å². The molecule has 1 saturated heterocycles. The van der Waals surface area contributed by atoms with E-state index in [1.165, 1.54) is 18.4 Å². The maximum Gasteiger partial charge on any atom is 0.275 e. The number of aromatic nitrogens is 1. The molecule has 1 fully saturated rings. The molecule has 0 spiro atoms. The van der Waals surface area contributed by atoms with E-state index in [-0.39, 0.29) is 11.6 Å². The lowest BCUT2D eigenvalue weighted by molar-refractivity contribution is 0.102. The number of hydrogen-bond donors (Lipinski definition) is 2. The molecule has 0 radical (unpaired) electrons. The Morgan fingerprint density at radius 1 is 1.27 bits per heavy atom. The number of anilines is 1. The molecule has 1 aliphatic heterocycles. The van der Waals surface area contributed by atoms with Crippen molar-refractivity contribution in [2.45, 2.75) is 18.8 Å². The van der Waals surface area contributed by atoms with Crippen LogP contribution in [0.15, 0.2) is 42.6 Å². The Morgan fingerprint density at radius 2 is 2.09 bits per heavy atom. The van der Waals surface area contributed by atoms with Gasteiger partial charge in [-0.2, -0.15) is 0 Å². The number of nitrogens with zero attached hydrogens (tertiary/aromatic N) is 1. The minimum Gasteiger partial charge on any atom is -0.321 e. The molecule has 2 N–H and O–H groups in total. The Balaban J connectivity index is 1.68. The molecule has 5 heteroatoms. The number of halogens is 1. The fraction of sp³-hybridized carbons (Fsp3) is 0.294. The summed E-state index contributed by atoms with van der Waals surface area (Å²) in [7, 11) is 0. The summed E-state index contributed by atoms with van der Waals surface area (Å²) < 4.78 is 0. The first-order valence-electron chi connectivity index (χ1n) is 7.46. The molecule has 1 unspecified atom stereocenters. The van der Waals surface area contributed by atoms with Crippen LogP contribution >= 0.6 is 11.6 Å². The van der Waals surface area contributed by atoms with Gasteiger partial charge in [0.15, 0.2) is 0 Å². The average molecular weight is 316 g/mol. The predicted octanol–water partition coefficient (Wildman–Crippen LogP) is 3.45. The van der Waals surface area contributed by atoms with E-state index in [1.807, 2.05) is 12.1 Å². The lowest BCUT2D eigenvalue weighted by Gasteiger charge is -2.23. The van der Waals surface area contributed by atoms with E-state index in [0.29, 0.717) is 10.9 Å². The molecule has 3 rings (SSSR count). The molecule has 1 atom stereocenters. The van der Waals surface area contributed by atoms with Crippen molar-refractivity contribution in [2.24, 2.45) is 0 Å². The van der Waals surface area contributed by atoms with E-state index in [9.17, 15) is 4.79 Å². The third-order valence-electron chi connectivity index (χ3n) is 3.91. The van der Waals surface area contributed by atoms with Crippen molar-refractivity contribution in [1.82, 2.24) is 10.3 Å². The molecule has 1 amide bonds. The number of piperidine rings is 1. The van der Waals surface area contributed by atoms with Gasteiger partial charge < -0.3 is 10.6 Å². The van der Waals surface area contributed by atoms with Gasteiger partial charge in [-0.25, -0.2) is 4.98 Å². The highest BCUT2D eigenvalue weighted by Gasteiger charge is 2.15. The highest BCUT2D eigenvalue weighted by molar-refractivity contribution is 6.34. The summed E-state index contributed by atoms with van der Waals surface area (Å²) in [5.41, 5.74) is 2.30. The first-order chi connectivity index (χ1) is 10.7. The van der Waals surface area contributed by atoms with Crippen LogP contribution in [0.2, 0.25) is 5.02 Å². The van der Waals surface area contributed by atoms with Crippen LogP contribution in [-0.4, -0.2) is 24.0 Å². The van der Waals surface area contributed by atoms with E-state index in [4.69, 9.17) is 11.6 Å². The molecule has 1 aromatic heterocycles. The second kappa shape index (κ2) is 6.90. The van der Waals surface area contributed by atoms with Gasteiger partial charge >= 0.3 is 0 Å². The second-order valence-corrected chi connectivity index (χ2v) is 5.86. The van der Waals surface area contributed by atoms with Crippen LogP contribution in [0.1, 0.15) is 34.8 Å². The molecular formula is C17H18ClN3O. The van der Waals surface area contributed by atoms with Crippen molar-refractivity contribution in [3.8, 4) is 0 Å². The van der Waals surface area contributed by atoms with Crippen LogP contribution in [0.25, 0.3) is 0 Å². The highest BCUT2D eigenvalue weighted by Crippen LogP contribution is 2.24. The molecule has 22 heavy (non-hydrogen) atoms. The van der Waals surface area contributed by atoms with Crippen molar-refractivity contribution < 1.29 is 4.79 Å². The summed E-state index contributed by atoms with van der Waals surface area (Å²) in [6.07, 6.45) is 3.98. The number of rotatable bonds is 3. The lowest BCUT2D eigenvalue weighted by atomic mass is 9.92. The average Bonchev–Trinajstić information content (AvgIpc) is 2.57. The van der Waals surface area contributed by atoms with E-state index in [1.54, 1.807) is 18.3 Å². The van der Waals surface area contributed by atoms with Gasteiger partial charge in [0.05, 0.1) is 5.02 Å². The summed E-state index contributed by atoms with van der Waals surface area (Å²) >= 11 is 5.98. The minimum absolute atomic E-state index is 0.240. The number of pyridine rings is 1. The fourth-order valence-corrected chi connectivity index (χ4v) is 2.93. The largest absolute Gasteiger partial charge is 0.321 e. The molecule has 1 aliphatic rings. The van der Waals surface area contributed by atoms with Crippen molar-refractivity contribution in [1.29, 1.82) is 0 Å². The normalized spacial score (nSPS) is 18.0. The van der Waals surface area contributed by atoms with Gasteiger partial charge in [-0.15, -0.1) is 0 Å². The van der Waals surface area contributed by atoms with Crippen molar-refractivity contribution in [3.05, 3.63) is 58.9 Å². The van der Waals surface area contributed by atoms with E-state index in [2.05, 4.69) is 27.8 Å². The van der Waals surface area contributed by atoms with Crippen LogP contribution in [0, 0.1) is 0 Å². The zero-order valence-electron chi connectivity index (χ0n) is 12.2. The Bertz CT molecular complexity index is 651. The van der Waals surface area contributed by atoms with Gasteiger partial charge in [-0.05, 0) is 55.1 Å². The maximum atomic E-state index is 12.2. The number of hydrogen-bond acceptors (Lipinski definition) is 3. The summed E-state index contributed by atoms with van der Waals surface area (Å²) in [5.74, 6) is 0.265. The monoisotopic (exact) mass is 315 g/mol. The maximum absolute atomic E-state index is 12.2. The zero-order chi connectivity index (χ0) is 15.4. The quantitative estimate of drug-likeness (QED) is 0.912. The van der Waals surface area contributed by atoms with Crippen LogP contribution in [0.4, 0.5) is 5.69 Å².